The highest BCUT2D eigenvalue weighted by Crippen LogP contribution is 2.39. The van der Waals surface area contributed by atoms with Crippen LogP contribution in [-0.2, 0) is 25.4 Å². The van der Waals surface area contributed by atoms with Crippen LogP contribution in [0.1, 0.15) is 69.2 Å². The van der Waals surface area contributed by atoms with Crippen LogP contribution in [0.2, 0.25) is 20.1 Å². The Morgan fingerprint density at radius 2 is 0.850 bits per heavy atom. The van der Waals surface area contributed by atoms with Crippen molar-refractivity contribution in [3.05, 3.63) is 269 Å². The average molecular weight is 1180 g/mol. The van der Waals surface area contributed by atoms with Gasteiger partial charge in [0.25, 0.3) is 5.69 Å². The number of nitrogen functional groups attached to an aromatic ring is 1. The van der Waals surface area contributed by atoms with E-state index in [0.717, 1.165) is 34.4 Å². The molecule has 0 unspecified atom stereocenters. The first-order chi connectivity index (χ1) is 38.3. The van der Waals surface area contributed by atoms with Gasteiger partial charge >= 0.3 is 12.4 Å². The van der Waals surface area contributed by atoms with Crippen LogP contribution >= 0.6 is 46.4 Å². The topological polar surface area (TPSA) is 94.1 Å². The van der Waals surface area contributed by atoms with Crippen LogP contribution in [0.25, 0.3) is 0 Å². The summed E-state index contributed by atoms with van der Waals surface area (Å²) in [4.78, 5) is 14.8. The Morgan fingerprint density at radius 3 is 1.20 bits per heavy atom. The SMILES string of the molecule is Nc1cc(OCCCN(Cc2cccc(C(F)(F)F)c2Cl)CC(c2ccccc2)c2ccccc2)ccc1Cl.O=[N+]([O-])c1cc(OCCCN(Cc2cccc(C(F)(F)F)c2Cl)CC(c2ccccc2)c2ccccc2)ccc1Cl. The molecule has 80 heavy (non-hydrogen) atoms. The molecule has 0 spiro atoms. The summed E-state index contributed by atoms with van der Waals surface area (Å²) in [5.41, 5.74) is 9.55. The number of alkyl halides is 6. The van der Waals surface area contributed by atoms with Crippen molar-refractivity contribution in [1.82, 2.24) is 9.80 Å². The minimum atomic E-state index is -4.57. The third-order valence-corrected chi connectivity index (χ3v) is 14.7. The van der Waals surface area contributed by atoms with Gasteiger partial charge in [0.15, 0.2) is 0 Å². The Kier molecular flexibility index (Phi) is 22.1. The first-order valence-corrected chi connectivity index (χ1v) is 26.9. The van der Waals surface area contributed by atoms with E-state index in [2.05, 4.69) is 34.1 Å². The molecule has 0 aliphatic rings. The van der Waals surface area contributed by atoms with E-state index < -0.39 is 28.4 Å². The van der Waals surface area contributed by atoms with Crippen LogP contribution in [0.15, 0.2) is 194 Å². The zero-order chi connectivity index (χ0) is 57.2. The van der Waals surface area contributed by atoms with Crippen LogP contribution in [0.3, 0.4) is 0 Å². The lowest BCUT2D eigenvalue weighted by Crippen LogP contribution is -2.31. The number of nitro groups is 1. The van der Waals surface area contributed by atoms with Crippen molar-refractivity contribution < 1.29 is 40.7 Å². The second-order valence-electron chi connectivity index (χ2n) is 18.7. The monoisotopic (exact) mass is 1170 g/mol. The second-order valence-corrected chi connectivity index (χ2v) is 20.3. The Balaban J connectivity index is 0.000000231. The summed E-state index contributed by atoms with van der Waals surface area (Å²) in [7, 11) is 0. The maximum Gasteiger partial charge on any atom is 0.417 e. The molecular weight excluding hydrogens is 1120 g/mol. The van der Waals surface area contributed by atoms with Gasteiger partial charge in [-0.05, 0) is 82.6 Å². The molecule has 0 fully saturated rings. The van der Waals surface area contributed by atoms with Crippen LogP contribution in [0, 0.1) is 10.1 Å². The Bertz CT molecular complexity index is 3160. The maximum atomic E-state index is 13.6. The molecule has 0 bridgehead atoms. The van der Waals surface area contributed by atoms with Crippen LogP contribution in [0.4, 0.5) is 37.7 Å². The number of halogens is 10. The molecule has 8 aromatic rings. The molecule has 0 saturated carbocycles. The van der Waals surface area contributed by atoms with Crippen molar-refractivity contribution in [2.24, 2.45) is 0 Å². The molecule has 8 aromatic carbocycles. The van der Waals surface area contributed by atoms with E-state index in [9.17, 15) is 36.5 Å². The smallest absolute Gasteiger partial charge is 0.417 e. The predicted octanol–water partition coefficient (Wildman–Crippen LogP) is 17.7. The molecule has 18 heteroatoms. The summed E-state index contributed by atoms with van der Waals surface area (Å²) in [6.45, 7) is 3.20. The predicted molar refractivity (Wildman–Crippen MR) is 307 cm³/mol. The van der Waals surface area contributed by atoms with E-state index in [1.165, 1.54) is 24.3 Å². The fraction of sp³-hybridized carbons (Fsp3) is 0.226. The van der Waals surface area contributed by atoms with Crippen LogP contribution in [0.5, 0.6) is 11.5 Å². The molecule has 0 atom stereocenters. The first kappa shape index (κ1) is 60.9. The van der Waals surface area contributed by atoms with Crippen molar-refractivity contribution in [1.29, 1.82) is 0 Å². The van der Waals surface area contributed by atoms with Gasteiger partial charge < -0.3 is 15.2 Å². The maximum absolute atomic E-state index is 13.6. The largest absolute Gasteiger partial charge is 0.493 e. The van der Waals surface area contributed by atoms with Crippen LogP contribution < -0.4 is 15.2 Å². The van der Waals surface area contributed by atoms with Gasteiger partial charge in [-0.1, -0.05) is 192 Å². The number of nitro benzene ring substituents is 1. The van der Waals surface area contributed by atoms with Gasteiger partial charge in [0, 0.05) is 57.2 Å². The van der Waals surface area contributed by atoms with E-state index in [0.29, 0.717) is 79.0 Å². The van der Waals surface area contributed by atoms with E-state index in [1.54, 1.807) is 36.4 Å². The lowest BCUT2D eigenvalue weighted by Gasteiger charge is -2.29. The lowest BCUT2D eigenvalue weighted by molar-refractivity contribution is -0.384. The van der Waals surface area contributed by atoms with E-state index in [-0.39, 0.29) is 52.3 Å². The van der Waals surface area contributed by atoms with Gasteiger partial charge in [0.1, 0.15) is 16.5 Å². The highest BCUT2D eigenvalue weighted by molar-refractivity contribution is 6.33. The number of anilines is 1. The zero-order valence-corrected chi connectivity index (χ0v) is 46.1. The van der Waals surface area contributed by atoms with Crippen molar-refractivity contribution in [3.63, 3.8) is 0 Å². The Labute approximate surface area is 481 Å². The number of rotatable bonds is 23. The standard InChI is InChI=1S/C31H27Cl2F3N2O3.C31H29Cl2F3N2O/c32-28-16-15-25(19-29(28)38(39)40)41-18-8-17-37(20-24-13-7-14-27(30(24)33)31(34,35)36)21-26(22-9-3-1-4-10-22)23-11-5-2-6-12-23;32-28-16-15-25(19-29(28)37)39-18-8-17-38(20-24-13-7-14-27(30(24)33)31(34,35)36)21-26(22-9-3-1-4-10-22)23-11-5-2-6-12-23/h1-7,9-16,19,26H,8,17-18,20-21H2;1-7,9-16,19,26H,8,17-18,20-21,37H2. The van der Waals surface area contributed by atoms with Crippen molar-refractivity contribution in [2.75, 3.05) is 45.1 Å². The van der Waals surface area contributed by atoms with Crippen molar-refractivity contribution in [2.45, 2.75) is 50.1 Å². The summed E-state index contributed by atoms with van der Waals surface area (Å²) in [5.74, 6) is 0.867. The summed E-state index contributed by atoms with van der Waals surface area (Å²) in [5, 5.41) is 11.1. The highest BCUT2D eigenvalue weighted by atomic mass is 35.5. The number of ether oxygens (including phenoxy) is 2. The molecule has 0 aliphatic heterocycles. The van der Waals surface area contributed by atoms with Crippen molar-refractivity contribution in [3.8, 4) is 11.5 Å². The van der Waals surface area contributed by atoms with E-state index >= 15 is 0 Å². The molecule has 418 valence electrons. The Hall–Kier alpha value is -6.78. The number of hydrogen-bond acceptors (Lipinski definition) is 7. The molecule has 0 aromatic heterocycles. The fourth-order valence-electron chi connectivity index (χ4n) is 9.15. The summed E-state index contributed by atoms with van der Waals surface area (Å²) in [6.07, 6.45) is -7.95. The summed E-state index contributed by atoms with van der Waals surface area (Å²) >= 11 is 24.4. The molecular formula is C62H56Cl4F6N4O4. The van der Waals surface area contributed by atoms with Gasteiger partial charge in [-0.3, -0.25) is 19.9 Å². The minimum Gasteiger partial charge on any atom is -0.493 e. The normalized spacial score (nSPS) is 11.7. The highest BCUT2D eigenvalue weighted by Gasteiger charge is 2.35. The number of nitrogens with two attached hydrogens (primary N) is 1. The van der Waals surface area contributed by atoms with Gasteiger partial charge in [-0.25, -0.2) is 0 Å². The van der Waals surface area contributed by atoms with Gasteiger partial charge in [-0.2, -0.15) is 26.3 Å². The lowest BCUT2D eigenvalue weighted by atomic mass is 9.90. The number of hydrogen-bond donors (Lipinski definition) is 1. The third-order valence-electron chi connectivity index (χ3n) is 13.1. The molecule has 0 radical (unpaired) electrons. The first-order valence-electron chi connectivity index (χ1n) is 25.4. The molecule has 0 heterocycles. The third kappa shape index (κ3) is 17.6. The van der Waals surface area contributed by atoms with Gasteiger partial charge in [-0.15, -0.1) is 0 Å². The van der Waals surface area contributed by atoms with Gasteiger partial charge in [0.2, 0.25) is 0 Å². The second kappa shape index (κ2) is 29.1. The van der Waals surface area contributed by atoms with E-state index in [4.69, 9.17) is 61.6 Å². The molecule has 2 N–H and O–H groups in total. The number of benzene rings is 8. The molecule has 0 amide bonds. The number of nitrogens with zero attached hydrogens (tertiary/aromatic N) is 3. The Morgan fingerprint density at radius 1 is 0.487 bits per heavy atom. The van der Waals surface area contributed by atoms with Crippen molar-refractivity contribution >= 4 is 57.8 Å². The average Bonchev–Trinajstić information content (AvgIpc) is 3.45. The van der Waals surface area contributed by atoms with Gasteiger partial charge in [0.05, 0.1) is 56.1 Å². The quantitative estimate of drug-likeness (QED) is 0.0224. The molecule has 8 nitrogen and oxygen atoms in total. The zero-order valence-electron chi connectivity index (χ0n) is 43.0. The van der Waals surface area contributed by atoms with Crippen LogP contribution in [-0.4, -0.2) is 54.1 Å². The molecule has 0 aliphatic carbocycles. The fourth-order valence-corrected chi connectivity index (χ4v) is 10.0. The summed E-state index contributed by atoms with van der Waals surface area (Å²) in [6, 6.07) is 57.3. The molecule has 8 rings (SSSR count). The summed E-state index contributed by atoms with van der Waals surface area (Å²) < 4.78 is 93.0. The van der Waals surface area contributed by atoms with E-state index in [1.807, 2.05) is 97.1 Å². The minimum absolute atomic E-state index is 0.00829. The molecule has 0 saturated heterocycles.